The van der Waals surface area contributed by atoms with Crippen molar-refractivity contribution in [3.8, 4) is 21.6 Å². The van der Waals surface area contributed by atoms with Crippen molar-refractivity contribution in [3.63, 3.8) is 0 Å². The molecule has 1 unspecified atom stereocenters. The number of nitro groups is 1. The van der Waals surface area contributed by atoms with Crippen LogP contribution < -0.4 is 15.5 Å². The van der Waals surface area contributed by atoms with Crippen LogP contribution >= 0.6 is 11.3 Å². The second kappa shape index (κ2) is 21.9. The number of nitro benzene ring substituents is 1. The van der Waals surface area contributed by atoms with Gasteiger partial charge < -0.3 is 25.4 Å². The third-order valence-electron chi connectivity index (χ3n) is 14.3. The molecule has 2 amide bonds. The smallest absolute Gasteiger partial charge is 0.407 e. The fourth-order valence-electron chi connectivity index (χ4n) is 10.5. The number of allylic oxidation sites excluding steroid dienone is 6. The first-order valence-corrected chi connectivity index (χ1v) is 25.6. The molecule has 4 aromatic carbocycles. The Morgan fingerprint density at radius 1 is 0.859 bits per heavy atom. The molecule has 0 saturated heterocycles. The summed E-state index contributed by atoms with van der Waals surface area (Å²) in [7, 11) is 0. The molecule has 1 aromatic heterocycles. The van der Waals surface area contributed by atoms with Gasteiger partial charge in [-0.3, -0.25) is 14.9 Å². The fraction of sp³-hybridized carbons (Fsp3) is 0.345. The van der Waals surface area contributed by atoms with Gasteiger partial charge in [-0.2, -0.15) is 4.58 Å². The Bertz CT molecular complexity index is 2890. The SMILES string of the molecule is CCN1/C(=C/C=C/C=C/C2=[N+](CCCCCC(=O)NCCCCC(NC(=O)OCC3c4ccccc4-c4ccccc43)C(=O)O)c3ccc(-c4cccs4)cc3C2(C)C)C(C)(C)c2cc([N+](=O)[O-])ccc21. The van der Waals surface area contributed by atoms with Crippen molar-refractivity contribution < 1.29 is 33.7 Å². The van der Waals surface area contributed by atoms with Gasteiger partial charge in [0.1, 0.15) is 19.2 Å². The number of carboxylic acid groups (broad SMARTS) is 1. The molecule has 13 heteroatoms. The zero-order valence-corrected chi connectivity index (χ0v) is 42.1. The highest BCUT2D eigenvalue weighted by Crippen LogP contribution is 2.49. The van der Waals surface area contributed by atoms with Gasteiger partial charge in [-0.1, -0.05) is 86.7 Å². The number of nitrogens with zero attached hydrogens (tertiary/aromatic N) is 3. The summed E-state index contributed by atoms with van der Waals surface area (Å²) < 4.78 is 8.00. The van der Waals surface area contributed by atoms with Gasteiger partial charge in [0.2, 0.25) is 11.6 Å². The Morgan fingerprint density at radius 3 is 2.30 bits per heavy atom. The van der Waals surface area contributed by atoms with E-state index in [4.69, 9.17) is 4.74 Å². The molecule has 1 atom stereocenters. The Kier molecular flexibility index (Phi) is 15.5. The number of likely N-dealkylation sites (N-methyl/N-ethyl adjacent to an activating group) is 1. The summed E-state index contributed by atoms with van der Waals surface area (Å²) in [5.41, 5.74) is 11.7. The van der Waals surface area contributed by atoms with Crippen molar-refractivity contribution in [2.45, 2.75) is 102 Å². The molecule has 368 valence electrons. The van der Waals surface area contributed by atoms with Crippen molar-refractivity contribution >= 4 is 52.1 Å². The number of unbranched alkanes of at least 4 members (excludes halogenated alkanes) is 3. The van der Waals surface area contributed by atoms with Crippen LogP contribution in [0.2, 0.25) is 0 Å². The molecule has 0 fully saturated rings. The molecule has 8 rings (SSSR count). The lowest BCUT2D eigenvalue weighted by molar-refractivity contribution is -0.438. The van der Waals surface area contributed by atoms with Crippen molar-refractivity contribution in [1.29, 1.82) is 0 Å². The molecule has 3 heterocycles. The average Bonchev–Trinajstić information content (AvgIpc) is 4.10. The summed E-state index contributed by atoms with van der Waals surface area (Å²) in [6.07, 6.45) is 14.0. The summed E-state index contributed by atoms with van der Waals surface area (Å²) in [6, 6.07) is 31.1. The highest BCUT2D eigenvalue weighted by molar-refractivity contribution is 7.13. The topological polar surface area (TPSA) is 154 Å². The molecular weight excluding hydrogens is 911 g/mol. The Morgan fingerprint density at radius 2 is 1.61 bits per heavy atom. The number of benzene rings is 4. The van der Waals surface area contributed by atoms with Crippen LogP contribution in [0.1, 0.15) is 108 Å². The van der Waals surface area contributed by atoms with Crippen LogP contribution in [-0.4, -0.2) is 70.6 Å². The number of nitrogens with one attached hydrogen (secondary N) is 2. The van der Waals surface area contributed by atoms with Gasteiger partial charge in [0.15, 0.2) is 5.71 Å². The second-order valence-corrected chi connectivity index (χ2v) is 20.5. The normalized spacial score (nSPS) is 16.3. The van der Waals surface area contributed by atoms with E-state index in [1.807, 2.05) is 42.5 Å². The fourth-order valence-corrected chi connectivity index (χ4v) is 11.3. The molecule has 12 nitrogen and oxygen atoms in total. The van der Waals surface area contributed by atoms with Crippen LogP contribution in [-0.2, 0) is 25.2 Å². The van der Waals surface area contributed by atoms with Crippen molar-refractivity contribution in [1.82, 2.24) is 10.6 Å². The third kappa shape index (κ3) is 10.8. The zero-order chi connectivity index (χ0) is 50.3. The van der Waals surface area contributed by atoms with Crippen LogP contribution in [0.25, 0.3) is 21.6 Å². The molecule has 0 radical (unpaired) electrons. The Hall–Kier alpha value is -7.12. The minimum absolute atomic E-state index is 0.0320. The molecule has 0 spiro atoms. The third-order valence-corrected chi connectivity index (χ3v) is 15.2. The minimum Gasteiger partial charge on any atom is -0.480 e. The van der Waals surface area contributed by atoms with Gasteiger partial charge in [-0.05, 0) is 122 Å². The number of alkyl carbamates (subject to hydrolysis) is 1. The van der Waals surface area contributed by atoms with Crippen molar-refractivity contribution in [3.05, 3.63) is 171 Å². The van der Waals surface area contributed by atoms with Crippen LogP contribution in [0.5, 0.6) is 0 Å². The Balaban J connectivity index is 0.818. The number of carbonyl (C=O) groups excluding carboxylic acids is 2. The molecular formula is C58H64N5O7S+. The summed E-state index contributed by atoms with van der Waals surface area (Å²) in [4.78, 5) is 52.4. The van der Waals surface area contributed by atoms with E-state index in [0.29, 0.717) is 25.8 Å². The van der Waals surface area contributed by atoms with Gasteiger partial charge in [0.05, 0.1) is 10.3 Å². The van der Waals surface area contributed by atoms with E-state index < -0.39 is 23.5 Å². The number of carbonyl (C=O) groups is 3. The van der Waals surface area contributed by atoms with Crippen molar-refractivity contribution in [2.75, 3.05) is 31.1 Å². The number of hydrogen-bond acceptors (Lipinski definition) is 8. The number of rotatable bonds is 21. The molecule has 0 saturated carbocycles. The van der Waals surface area contributed by atoms with Crippen LogP contribution in [0.3, 0.4) is 0 Å². The number of ether oxygens (including phenoxy) is 1. The molecule has 1 aliphatic carbocycles. The van der Waals surface area contributed by atoms with E-state index in [1.165, 1.54) is 27.4 Å². The number of aliphatic carboxylic acids is 1. The molecule has 71 heavy (non-hydrogen) atoms. The van der Waals surface area contributed by atoms with E-state index in [1.54, 1.807) is 23.5 Å². The lowest BCUT2D eigenvalue weighted by Crippen LogP contribution is -2.41. The van der Waals surface area contributed by atoms with Gasteiger partial charge in [0, 0.05) is 83.4 Å². The first-order chi connectivity index (χ1) is 34.2. The summed E-state index contributed by atoms with van der Waals surface area (Å²) in [5.74, 6) is -1.29. The van der Waals surface area contributed by atoms with E-state index in [2.05, 4.69) is 133 Å². The molecule has 3 N–H and O–H groups in total. The summed E-state index contributed by atoms with van der Waals surface area (Å²) in [6.45, 7) is 12.9. The summed E-state index contributed by atoms with van der Waals surface area (Å²) in [5, 5.41) is 29.1. The number of fused-ring (bicyclic) bond motifs is 5. The highest BCUT2D eigenvalue weighted by atomic mass is 32.1. The standard InChI is InChI=1S/C58H63N5O7S/c1-6-61-49-32-30-40(63(68)69)37-47(49)58(4,5)52(61)26-9-7-10-27-53-57(2,3)46-36-39(51-25-19-35-71-51)29-31-50(46)62(53)34-18-8-11-28-54(64)59-33-17-16-24-48(55(65)66)60-56(67)70-38-45-43-22-14-12-20-41(43)42-21-13-15-23-44(42)45/h7,9-10,12-15,19-23,25-27,29-32,35-37,45,48H,6,8,11,16-18,24,28,33-34,38H2,1-5H3,(H2-,59,60,64,65,66,67)/p+1. The second-order valence-electron chi connectivity index (χ2n) is 19.5. The maximum atomic E-state index is 12.9. The maximum Gasteiger partial charge on any atom is 0.407 e. The van der Waals surface area contributed by atoms with E-state index in [9.17, 15) is 29.6 Å². The highest BCUT2D eigenvalue weighted by Gasteiger charge is 2.44. The van der Waals surface area contributed by atoms with E-state index in [0.717, 1.165) is 71.6 Å². The Labute approximate surface area is 420 Å². The monoisotopic (exact) mass is 974 g/mol. The number of amides is 2. The van der Waals surface area contributed by atoms with E-state index >= 15 is 0 Å². The molecule has 0 bridgehead atoms. The molecule has 5 aromatic rings. The number of carboxylic acids is 1. The number of non-ortho nitro benzene ring substituents is 1. The maximum absolute atomic E-state index is 12.9. The minimum atomic E-state index is -1.13. The lowest BCUT2D eigenvalue weighted by atomic mass is 9.80. The summed E-state index contributed by atoms with van der Waals surface area (Å²) >= 11 is 1.73. The molecule has 3 aliphatic rings. The average molecular weight is 975 g/mol. The zero-order valence-electron chi connectivity index (χ0n) is 41.3. The van der Waals surface area contributed by atoms with Gasteiger partial charge in [0.25, 0.3) is 5.69 Å². The van der Waals surface area contributed by atoms with Gasteiger partial charge in [-0.15, -0.1) is 11.3 Å². The first-order valence-electron chi connectivity index (χ1n) is 24.8. The van der Waals surface area contributed by atoms with Gasteiger partial charge >= 0.3 is 12.1 Å². The lowest BCUT2D eigenvalue weighted by Gasteiger charge is -2.25. The van der Waals surface area contributed by atoms with Gasteiger partial charge in [-0.25, -0.2) is 9.59 Å². The largest absolute Gasteiger partial charge is 0.480 e. The van der Waals surface area contributed by atoms with Crippen molar-refractivity contribution in [2.24, 2.45) is 0 Å². The predicted octanol–water partition coefficient (Wildman–Crippen LogP) is 12.4. The quantitative estimate of drug-likeness (QED) is 0.0216. The predicted molar refractivity (Wildman–Crippen MR) is 283 cm³/mol. The number of anilines is 1. The van der Waals surface area contributed by atoms with Crippen LogP contribution in [0, 0.1) is 10.1 Å². The molecule has 2 aliphatic heterocycles. The first kappa shape index (κ1) is 50.3. The van der Waals surface area contributed by atoms with E-state index in [-0.39, 0.29) is 40.9 Å². The van der Waals surface area contributed by atoms with Crippen LogP contribution in [0.15, 0.2) is 139 Å². The number of hydrogen-bond donors (Lipinski definition) is 3. The van der Waals surface area contributed by atoms with Crippen LogP contribution in [0.4, 0.5) is 21.9 Å². The number of thiophene rings is 1.